The molecule has 0 amide bonds. The lowest BCUT2D eigenvalue weighted by atomic mass is 10.1. The number of hydrogen-bond acceptors (Lipinski definition) is 5. The van der Waals surface area contributed by atoms with Gasteiger partial charge in [-0.15, -0.1) is 0 Å². The Morgan fingerprint density at radius 1 is 0.920 bits per heavy atom. The van der Waals surface area contributed by atoms with Gasteiger partial charge >= 0.3 is 0 Å². The molecule has 0 spiro atoms. The number of halogens is 1. The number of rotatable bonds is 6. The Balaban J connectivity index is 1.48. The monoisotopic (exact) mass is 345 g/mol. The number of aromatic nitrogens is 1. The standard InChI is InChI=1S/C19H24FN3O2/c1-24-18-5-3-15(11-17(18)20)13-22-7-9-23(10-8-22)14-16-4-6-19(25-2)21-12-16/h3-6,11-12H,7-10,13-14H2,1-2H3. The van der Waals surface area contributed by atoms with E-state index in [2.05, 4.69) is 20.9 Å². The zero-order chi connectivity index (χ0) is 17.6. The number of piperazine rings is 1. The van der Waals surface area contributed by atoms with Gasteiger partial charge in [-0.2, -0.15) is 0 Å². The summed E-state index contributed by atoms with van der Waals surface area (Å²) in [5.41, 5.74) is 2.16. The van der Waals surface area contributed by atoms with Crippen molar-refractivity contribution in [2.24, 2.45) is 0 Å². The van der Waals surface area contributed by atoms with Crippen LogP contribution in [-0.4, -0.2) is 55.2 Å². The van der Waals surface area contributed by atoms with E-state index in [0.717, 1.165) is 44.8 Å². The van der Waals surface area contributed by atoms with Crippen LogP contribution in [0.5, 0.6) is 11.6 Å². The van der Waals surface area contributed by atoms with Gasteiger partial charge < -0.3 is 9.47 Å². The molecule has 0 atom stereocenters. The van der Waals surface area contributed by atoms with E-state index in [1.165, 1.54) is 12.7 Å². The lowest BCUT2D eigenvalue weighted by Gasteiger charge is -2.34. The van der Waals surface area contributed by atoms with E-state index in [0.29, 0.717) is 11.6 Å². The molecule has 0 unspecified atom stereocenters. The molecule has 1 aromatic carbocycles. The zero-order valence-corrected chi connectivity index (χ0v) is 14.7. The lowest BCUT2D eigenvalue weighted by molar-refractivity contribution is 0.122. The van der Waals surface area contributed by atoms with Gasteiger partial charge in [0.1, 0.15) is 0 Å². The average molecular weight is 345 g/mol. The molecule has 2 heterocycles. The fourth-order valence-electron chi connectivity index (χ4n) is 3.06. The molecule has 1 fully saturated rings. The number of methoxy groups -OCH3 is 2. The number of benzene rings is 1. The largest absolute Gasteiger partial charge is 0.494 e. The number of pyridine rings is 1. The van der Waals surface area contributed by atoms with Crippen molar-refractivity contribution in [1.29, 1.82) is 0 Å². The van der Waals surface area contributed by atoms with E-state index in [4.69, 9.17) is 9.47 Å². The first kappa shape index (κ1) is 17.6. The Labute approximate surface area is 148 Å². The van der Waals surface area contributed by atoms with Gasteiger partial charge in [-0.05, 0) is 23.3 Å². The maximum atomic E-state index is 13.8. The molecule has 1 aromatic heterocycles. The predicted molar refractivity (Wildman–Crippen MR) is 94.3 cm³/mol. The van der Waals surface area contributed by atoms with Crippen LogP contribution < -0.4 is 9.47 Å². The number of ether oxygens (including phenoxy) is 2. The van der Waals surface area contributed by atoms with Crippen molar-refractivity contribution in [3.8, 4) is 11.6 Å². The van der Waals surface area contributed by atoms with E-state index >= 15 is 0 Å². The van der Waals surface area contributed by atoms with Crippen molar-refractivity contribution < 1.29 is 13.9 Å². The summed E-state index contributed by atoms with van der Waals surface area (Å²) in [5, 5.41) is 0. The first-order chi connectivity index (χ1) is 12.2. The molecule has 5 nitrogen and oxygen atoms in total. The zero-order valence-electron chi connectivity index (χ0n) is 14.7. The quantitative estimate of drug-likeness (QED) is 0.804. The minimum atomic E-state index is -0.300. The highest BCUT2D eigenvalue weighted by Gasteiger charge is 2.17. The second-order valence-corrected chi connectivity index (χ2v) is 6.23. The molecule has 0 aliphatic carbocycles. The summed E-state index contributed by atoms with van der Waals surface area (Å²) >= 11 is 0. The van der Waals surface area contributed by atoms with Crippen molar-refractivity contribution in [2.75, 3.05) is 40.4 Å². The summed E-state index contributed by atoms with van der Waals surface area (Å²) < 4.78 is 23.9. The van der Waals surface area contributed by atoms with Gasteiger partial charge in [-0.3, -0.25) is 9.80 Å². The summed E-state index contributed by atoms with van der Waals surface area (Å²) in [5.74, 6) is 0.632. The summed E-state index contributed by atoms with van der Waals surface area (Å²) in [7, 11) is 3.10. The van der Waals surface area contributed by atoms with Crippen LogP contribution in [0.25, 0.3) is 0 Å². The van der Waals surface area contributed by atoms with Gasteiger partial charge in [0, 0.05) is 51.5 Å². The number of hydrogen-bond donors (Lipinski definition) is 0. The summed E-state index contributed by atoms with van der Waals surface area (Å²) in [6, 6.07) is 9.13. The molecule has 1 aliphatic rings. The highest BCUT2D eigenvalue weighted by atomic mass is 19.1. The van der Waals surface area contributed by atoms with Crippen molar-refractivity contribution in [1.82, 2.24) is 14.8 Å². The molecule has 134 valence electrons. The lowest BCUT2D eigenvalue weighted by Crippen LogP contribution is -2.45. The molecule has 0 saturated carbocycles. The third-order valence-electron chi connectivity index (χ3n) is 4.50. The maximum Gasteiger partial charge on any atom is 0.212 e. The highest BCUT2D eigenvalue weighted by molar-refractivity contribution is 5.29. The van der Waals surface area contributed by atoms with E-state index < -0.39 is 0 Å². The summed E-state index contributed by atoms with van der Waals surface area (Å²) in [4.78, 5) is 9.01. The Morgan fingerprint density at radius 2 is 1.56 bits per heavy atom. The summed E-state index contributed by atoms with van der Waals surface area (Å²) in [6.45, 7) is 5.57. The second-order valence-electron chi connectivity index (χ2n) is 6.23. The van der Waals surface area contributed by atoms with Gasteiger partial charge in [0.25, 0.3) is 0 Å². The number of nitrogens with zero attached hydrogens (tertiary/aromatic N) is 3. The van der Waals surface area contributed by atoms with Crippen LogP contribution in [-0.2, 0) is 13.1 Å². The van der Waals surface area contributed by atoms with Crippen LogP contribution in [0.3, 0.4) is 0 Å². The van der Waals surface area contributed by atoms with Crippen molar-refractivity contribution >= 4 is 0 Å². The van der Waals surface area contributed by atoms with E-state index in [1.807, 2.05) is 18.3 Å². The fraction of sp³-hybridized carbons (Fsp3) is 0.421. The topological polar surface area (TPSA) is 37.8 Å². The van der Waals surface area contributed by atoms with Crippen molar-refractivity contribution in [3.05, 3.63) is 53.5 Å². The van der Waals surface area contributed by atoms with Gasteiger partial charge in [0.05, 0.1) is 14.2 Å². The third-order valence-corrected chi connectivity index (χ3v) is 4.50. The normalized spacial score (nSPS) is 16.0. The average Bonchev–Trinajstić information content (AvgIpc) is 2.64. The Kier molecular flexibility index (Phi) is 5.83. The van der Waals surface area contributed by atoms with Gasteiger partial charge in [-0.1, -0.05) is 12.1 Å². The molecule has 1 saturated heterocycles. The first-order valence-corrected chi connectivity index (χ1v) is 8.44. The maximum absolute atomic E-state index is 13.8. The molecule has 0 bridgehead atoms. The molecular formula is C19H24FN3O2. The minimum Gasteiger partial charge on any atom is -0.494 e. The van der Waals surface area contributed by atoms with E-state index in [1.54, 1.807) is 19.2 Å². The molecule has 6 heteroatoms. The van der Waals surface area contributed by atoms with Crippen LogP contribution in [0.4, 0.5) is 4.39 Å². The molecular weight excluding hydrogens is 321 g/mol. The van der Waals surface area contributed by atoms with Gasteiger partial charge in [0.15, 0.2) is 11.6 Å². The van der Waals surface area contributed by atoms with E-state index in [-0.39, 0.29) is 5.82 Å². The SMILES string of the molecule is COc1ccc(CN2CCN(Cc3ccc(OC)c(F)c3)CC2)cn1. The van der Waals surface area contributed by atoms with E-state index in [9.17, 15) is 4.39 Å². The highest BCUT2D eigenvalue weighted by Crippen LogP contribution is 2.19. The third kappa shape index (κ3) is 4.67. The first-order valence-electron chi connectivity index (χ1n) is 8.44. The molecule has 2 aromatic rings. The smallest absolute Gasteiger partial charge is 0.212 e. The molecule has 0 N–H and O–H groups in total. The molecule has 1 aliphatic heterocycles. The molecule has 3 rings (SSSR count). The minimum absolute atomic E-state index is 0.293. The molecule has 0 radical (unpaired) electrons. The Morgan fingerprint density at radius 3 is 2.08 bits per heavy atom. The van der Waals surface area contributed by atoms with Crippen LogP contribution >= 0.6 is 0 Å². The fourth-order valence-corrected chi connectivity index (χ4v) is 3.06. The van der Waals surface area contributed by atoms with Gasteiger partial charge in [0.2, 0.25) is 5.88 Å². The van der Waals surface area contributed by atoms with Crippen LogP contribution in [0, 0.1) is 5.82 Å². The Bertz CT molecular complexity index is 686. The van der Waals surface area contributed by atoms with Crippen molar-refractivity contribution in [3.63, 3.8) is 0 Å². The van der Waals surface area contributed by atoms with Crippen LogP contribution in [0.1, 0.15) is 11.1 Å². The second kappa shape index (κ2) is 8.27. The van der Waals surface area contributed by atoms with Crippen LogP contribution in [0.2, 0.25) is 0 Å². The molecule has 25 heavy (non-hydrogen) atoms. The Hall–Kier alpha value is -2.18. The van der Waals surface area contributed by atoms with Gasteiger partial charge in [-0.25, -0.2) is 9.37 Å². The van der Waals surface area contributed by atoms with Crippen LogP contribution in [0.15, 0.2) is 36.5 Å². The predicted octanol–water partition coefficient (Wildman–Crippen LogP) is 2.56. The van der Waals surface area contributed by atoms with Crippen molar-refractivity contribution in [2.45, 2.75) is 13.1 Å². The summed E-state index contributed by atoms with van der Waals surface area (Å²) in [6.07, 6.45) is 1.87.